The lowest BCUT2D eigenvalue weighted by molar-refractivity contribution is -0.139. The van der Waals surface area contributed by atoms with Crippen molar-refractivity contribution in [3.05, 3.63) is 28.2 Å². The lowest BCUT2D eigenvalue weighted by Gasteiger charge is -2.19. The Morgan fingerprint density at radius 3 is 2.00 bits per heavy atom. The van der Waals surface area contributed by atoms with E-state index in [2.05, 4.69) is 15.9 Å². The third-order valence-corrected chi connectivity index (χ3v) is 4.94. The van der Waals surface area contributed by atoms with Crippen LogP contribution >= 0.6 is 15.9 Å². The molecule has 11 heteroatoms. The van der Waals surface area contributed by atoms with Crippen molar-refractivity contribution in [3.63, 3.8) is 0 Å². The SMILES string of the molecule is O=C(O)CN(CC(=O)O)S(=O)(=O)c1c(F)cc(F)cc1Br. The summed E-state index contributed by atoms with van der Waals surface area (Å²) in [6, 6.07) is 0.951. The van der Waals surface area contributed by atoms with Crippen LogP contribution in [0.2, 0.25) is 0 Å². The summed E-state index contributed by atoms with van der Waals surface area (Å²) >= 11 is 2.65. The Bertz CT molecular complexity index is 654. The molecule has 2 N–H and O–H groups in total. The largest absolute Gasteiger partial charge is 0.480 e. The number of hydrogen-bond acceptors (Lipinski definition) is 4. The van der Waals surface area contributed by atoms with Gasteiger partial charge in [-0.05, 0) is 22.0 Å². The topological polar surface area (TPSA) is 112 Å². The van der Waals surface area contributed by atoms with Gasteiger partial charge in [0, 0.05) is 10.5 Å². The van der Waals surface area contributed by atoms with Gasteiger partial charge in [0.2, 0.25) is 10.0 Å². The van der Waals surface area contributed by atoms with Crippen LogP contribution in [0.5, 0.6) is 0 Å². The number of sulfonamides is 1. The Balaban J connectivity index is 3.42. The highest BCUT2D eigenvalue weighted by Gasteiger charge is 2.33. The average molecular weight is 388 g/mol. The quantitative estimate of drug-likeness (QED) is 0.749. The molecule has 0 atom stereocenters. The van der Waals surface area contributed by atoms with Gasteiger partial charge in [-0.1, -0.05) is 0 Å². The number of carboxylic acid groups (broad SMARTS) is 2. The molecule has 0 aromatic heterocycles. The molecule has 0 unspecified atom stereocenters. The predicted molar refractivity (Wildman–Crippen MR) is 68.1 cm³/mol. The molecule has 1 aromatic carbocycles. The van der Waals surface area contributed by atoms with Gasteiger partial charge in [-0.3, -0.25) is 9.59 Å². The normalized spacial score (nSPS) is 11.6. The van der Waals surface area contributed by atoms with Crippen molar-refractivity contribution >= 4 is 37.9 Å². The Morgan fingerprint density at radius 1 is 1.14 bits per heavy atom. The summed E-state index contributed by atoms with van der Waals surface area (Å²) in [5, 5.41) is 17.3. The summed E-state index contributed by atoms with van der Waals surface area (Å²) < 4.78 is 50.5. The highest BCUT2D eigenvalue weighted by atomic mass is 79.9. The summed E-state index contributed by atoms with van der Waals surface area (Å²) in [4.78, 5) is 20.2. The van der Waals surface area contributed by atoms with E-state index in [-0.39, 0.29) is 10.4 Å². The van der Waals surface area contributed by atoms with E-state index in [1.807, 2.05) is 0 Å². The van der Waals surface area contributed by atoms with E-state index in [0.717, 1.165) is 0 Å². The second-order valence-corrected chi connectivity index (χ2v) is 6.49. The first-order valence-corrected chi connectivity index (χ1v) is 7.37. The molecular formula is C10H8BrF2NO6S. The molecule has 0 heterocycles. The Hall–Kier alpha value is -1.59. The fraction of sp³-hybridized carbons (Fsp3) is 0.200. The third-order valence-electron chi connectivity index (χ3n) is 2.18. The predicted octanol–water partition coefficient (Wildman–Crippen LogP) is 0.887. The van der Waals surface area contributed by atoms with Crippen molar-refractivity contribution in [1.29, 1.82) is 0 Å². The maximum atomic E-state index is 13.7. The van der Waals surface area contributed by atoms with Gasteiger partial charge in [0.05, 0.1) is 0 Å². The number of aliphatic carboxylic acids is 2. The van der Waals surface area contributed by atoms with Crippen LogP contribution in [0.15, 0.2) is 21.5 Å². The second-order valence-electron chi connectivity index (χ2n) is 3.76. The summed E-state index contributed by atoms with van der Waals surface area (Å²) in [5.41, 5.74) is 0. The summed E-state index contributed by atoms with van der Waals surface area (Å²) in [6.07, 6.45) is 0. The Labute approximate surface area is 126 Å². The first-order chi connectivity index (χ1) is 9.55. The summed E-state index contributed by atoms with van der Waals surface area (Å²) in [6.45, 7) is -2.37. The van der Waals surface area contributed by atoms with Crippen LogP contribution in [0, 0.1) is 11.6 Å². The number of nitrogens with zero attached hydrogens (tertiary/aromatic N) is 1. The molecule has 0 spiro atoms. The molecule has 0 saturated heterocycles. The van der Waals surface area contributed by atoms with Crippen LogP contribution in [0.4, 0.5) is 8.78 Å². The van der Waals surface area contributed by atoms with Gasteiger partial charge >= 0.3 is 11.9 Å². The van der Waals surface area contributed by atoms with Crippen LogP contribution < -0.4 is 0 Å². The van der Waals surface area contributed by atoms with Crippen LogP contribution in [-0.4, -0.2) is 48.0 Å². The lowest BCUT2D eigenvalue weighted by Crippen LogP contribution is -2.39. The standard InChI is InChI=1S/C10H8BrF2NO6S/c11-6-1-5(12)2-7(13)10(6)21(19,20)14(3-8(15)16)4-9(17)18/h1-2H,3-4H2,(H,15,16)(H,17,18). The molecule has 1 rings (SSSR count). The van der Waals surface area contributed by atoms with Gasteiger partial charge in [-0.15, -0.1) is 0 Å². The Morgan fingerprint density at radius 2 is 1.62 bits per heavy atom. The number of rotatable bonds is 6. The highest BCUT2D eigenvalue weighted by Crippen LogP contribution is 2.28. The summed E-state index contributed by atoms with van der Waals surface area (Å²) in [7, 11) is -4.79. The molecule has 0 aliphatic rings. The maximum Gasteiger partial charge on any atom is 0.318 e. The van der Waals surface area contributed by atoms with Crippen LogP contribution in [-0.2, 0) is 19.6 Å². The molecule has 0 amide bonds. The van der Waals surface area contributed by atoms with Gasteiger partial charge < -0.3 is 10.2 Å². The lowest BCUT2D eigenvalue weighted by atomic mass is 10.3. The number of halogens is 3. The smallest absolute Gasteiger partial charge is 0.318 e. The van der Waals surface area contributed by atoms with E-state index in [1.54, 1.807) is 0 Å². The average Bonchev–Trinajstić information content (AvgIpc) is 2.24. The van der Waals surface area contributed by atoms with Crippen LogP contribution in [0.3, 0.4) is 0 Å². The zero-order chi connectivity index (χ0) is 16.4. The van der Waals surface area contributed by atoms with Crippen LogP contribution in [0.25, 0.3) is 0 Å². The van der Waals surface area contributed by atoms with Crippen molar-refractivity contribution in [2.75, 3.05) is 13.1 Å². The number of hydrogen-bond donors (Lipinski definition) is 2. The zero-order valence-corrected chi connectivity index (χ0v) is 12.5. The minimum Gasteiger partial charge on any atom is -0.480 e. The van der Waals surface area contributed by atoms with Gasteiger partial charge in [0.15, 0.2) is 0 Å². The molecule has 0 saturated carbocycles. The first kappa shape index (κ1) is 17.5. The highest BCUT2D eigenvalue weighted by molar-refractivity contribution is 9.10. The second kappa shape index (κ2) is 6.45. The molecule has 1 aromatic rings. The van der Waals surface area contributed by atoms with E-state index in [1.165, 1.54) is 0 Å². The van der Waals surface area contributed by atoms with Gasteiger partial charge in [0.25, 0.3) is 0 Å². The van der Waals surface area contributed by atoms with E-state index in [0.29, 0.717) is 6.07 Å². The van der Waals surface area contributed by atoms with Crippen molar-refractivity contribution in [2.45, 2.75) is 4.90 Å². The van der Waals surface area contributed by atoms with Crippen molar-refractivity contribution in [1.82, 2.24) is 4.31 Å². The molecule has 7 nitrogen and oxygen atoms in total. The van der Waals surface area contributed by atoms with Gasteiger partial charge in [0.1, 0.15) is 29.6 Å². The fourth-order valence-corrected chi connectivity index (χ4v) is 3.88. The van der Waals surface area contributed by atoms with Crippen LogP contribution in [0.1, 0.15) is 0 Å². The Kier molecular flexibility index (Phi) is 5.36. The maximum absolute atomic E-state index is 13.7. The first-order valence-electron chi connectivity index (χ1n) is 5.14. The fourth-order valence-electron chi connectivity index (χ4n) is 1.43. The van der Waals surface area contributed by atoms with Crippen molar-refractivity contribution in [3.8, 4) is 0 Å². The van der Waals surface area contributed by atoms with Crippen molar-refractivity contribution in [2.24, 2.45) is 0 Å². The molecule has 0 bridgehead atoms. The van der Waals surface area contributed by atoms with Gasteiger partial charge in [-0.2, -0.15) is 4.31 Å². The van der Waals surface area contributed by atoms with E-state index in [9.17, 15) is 26.8 Å². The minimum atomic E-state index is -4.79. The molecule has 21 heavy (non-hydrogen) atoms. The molecule has 0 aliphatic carbocycles. The number of carboxylic acids is 2. The third kappa shape index (κ3) is 4.19. The van der Waals surface area contributed by atoms with E-state index in [4.69, 9.17) is 10.2 Å². The molecule has 0 radical (unpaired) electrons. The van der Waals surface area contributed by atoms with E-state index >= 15 is 0 Å². The van der Waals surface area contributed by atoms with Gasteiger partial charge in [-0.25, -0.2) is 17.2 Å². The molecule has 0 fully saturated rings. The summed E-state index contributed by atoms with van der Waals surface area (Å²) in [5.74, 6) is -5.78. The minimum absolute atomic E-state index is 0.0543. The van der Waals surface area contributed by atoms with E-state index < -0.39 is 56.1 Å². The molecule has 116 valence electrons. The monoisotopic (exact) mass is 387 g/mol. The number of carbonyl (C=O) groups is 2. The van der Waals surface area contributed by atoms with Crippen molar-refractivity contribution < 1.29 is 37.0 Å². The molecule has 0 aliphatic heterocycles. The molecular weight excluding hydrogens is 380 g/mol. The number of benzene rings is 1. The zero-order valence-electron chi connectivity index (χ0n) is 10.1.